The van der Waals surface area contributed by atoms with E-state index in [1.807, 2.05) is 32.0 Å². The van der Waals surface area contributed by atoms with E-state index >= 15 is 0 Å². The smallest absolute Gasteiger partial charge is 0.124 e. The van der Waals surface area contributed by atoms with E-state index in [2.05, 4.69) is 37.9 Å². The maximum atomic E-state index is 5.67. The van der Waals surface area contributed by atoms with Gasteiger partial charge in [-0.25, -0.2) is 0 Å². The fraction of sp³-hybridized carbons (Fsp3) is 0.286. The van der Waals surface area contributed by atoms with Crippen LogP contribution >= 0.6 is 31.9 Å². The fourth-order valence-electron chi connectivity index (χ4n) is 1.83. The van der Waals surface area contributed by atoms with Crippen molar-refractivity contribution in [3.63, 3.8) is 0 Å². The topological polar surface area (TPSA) is 22.4 Å². The van der Waals surface area contributed by atoms with Crippen LogP contribution in [0.5, 0.6) is 5.75 Å². The van der Waals surface area contributed by atoms with Gasteiger partial charge in [0.15, 0.2) is 0 Å². The summed E-state index contributed by atoms with van der Waals surface area (Å²) in [6, 6.07) is 8.01. The van der Waals surface area contributed by atoms with Gasteiger partial charge in [0.25, 0.3) is 0 Å². The monoisotopic (exact) mass is 372 g/mol. The Morgan fingerprint density at radius 2 is 2.06 bits per heavy atom. The summed E-state index contributed by atoms with van der Waals surface area (Å²) < 4.78 is 12.1. The molecule has 0 aliphatic heterocycles. The molecule has 0 fully saturated rings. The number of aryl methyl sites for hydroxylation is 1. The van der Waals surface area contributed by atoms with E-state index in [1.54, 1.807) is 6.26 Å². The molecule has 1 atom stereocenters. The van der Waals surface area contributed by atoms with Gasteiger partial charge < -0.3 is 9.15 Å². The van der Waals surface area contributed by atoms with Gasteiger partial charge in [0.1, 0.15) is 11.5 Å². The maximum Gasteiger partial charge on any atom is 0.124 e. The lowest BCUT2D eigenvalue weighted by Crippen LogP contribution is -2.00. The molecule has 0 saturated carbocycles. The van der Waals surface area contributed by atoms with Crippen molar-refractivity contribution in [3.05, 3.63) is 51.9 Å². The standard InChI is InChI=1S/C14H14Br2O2/c1-3-17-13-5-4-10(15)8-12(13)14(16)11-6-7-18-9(11)2/h4-8,14H,3H2,1-2H3. The summed E-state index contributed by atoms with van der Waals surface area (Å²) in [6.07, 6.45) is 1.71. The predicted molar refractivity (Wildman–Crippen MR) is 79.5 cm³/mol. The van der Waals surface area contributed by atoms with Crippen LogP contribution in [0.15, 0.2) is 39.4 Å². The number of benzene rings is 1. The molecule has 4 heteroatoms. The van der Waals surface area contributed by atoms with Gasteiger partial charge in [-0.1, -0.05) is 31.9 Å². The van der Waals surface area contributed by atoms with Crippen molar-refractivity contribution in [2.24, 2.45) is 0 Å². The summed E-state index contributed by atoms with van der Waals surface area (Å²) in [5, 5.41) is 0. The Labute approximate surface area is 124 Å². The third-order valence-corrected chi connectivity index (χ3v) is 4.20. The second-order valence-corrected chi connectivity index (χ2v) is 5.74. The highest BCUT2D eigenvalue weighted by Crippen LogP contribution is 2.39. The average Bonchev–Trinajstić information content (AvgIpc) is 2.77. The van der Waals surface area contributed by atoms with E-state index in [-0.39, 0.29) is 4.83 Å². The normalized spacial score (nSPS) is 12.4. The zero-order chi connectivity index (χ0) is 13.1. The Morgan fingerprint density at radius 3 is 2.67 bits per heavy atom. The van der Waals surface area contributed by atoms with Gasteiger partial charge in [0, 0.05) is 15.6 Å². The molecule has 0 aliphatic rings. The van der Waals surface area contributed by atoms with Crippen LogP contribution in [0, 0.1) is 6.92 Å². The summed E-state index contributed by atoms with van der Waals surface area (Å²) in [4.78, 5) is 0.0651. The zero-order valence-corrected chi connectivity index (χ0v) is 13.4. The molecule has 2 nitrogen and oxygen atoms in total. The summed E-state index contributed by atoms with van der Waals surface area (Å²) in [5.74, 6) is 1.81. The first-order valence-electron chi connectivity index (χ1n) is 5.73. The lowest BCUT2D eigenvalue weighted by Gasteiger charge is -2.15. The van der Waals surface area contributed by atoms with Crippen LogP contribution in [0.1, 0.15) is 28.6 Å². The molecule has 0 radical (unpaired) electrons. The number of rotatable bonds is 4. The summed E-state index contributed by atoms with van der Waals surface area (Å²) >= 11 is 7.22. The molecule has 0 saturated heterocycles. The summed E-state index contributed by atoms with van der Waals surface area (Å²) in [7, 11) is 0. The largest absolute Gasteiger partial charge is 0.494 e. The number of alkyl halides is 1. The molecule has 18 heavy (non-hydrogen) atoms. The minimum Gasteiger partial charge on any atom is -0.494 e. The highest BCUT2D eigenvalue weighted by molar-refractivity contribution is 9.10. The lowest BCUT2D eigenvalue weighted by molar-refractivity contribution is 0.337. The fourth-order valence-corrected chi connectivity index (χ4v) is 3.04. The third kappa shape index (κ3) is 2.81. The molecular weight excluding hydrogens is 360 g/mol. The van der Waals surface area contributed by atoms with Crippen molar-refractivity contribution in [2.45, 2.75) is 18.7 Å². The first-order chi connectivity index (χ1) is 8.63. The average molecular weight is 374 g/mol. The van der Waals surface area contributed by atoms with Crippen LogP contribution in [0.25, 0.3) is 0 Å². The lowest BCUT2D eigenvalue weighted by atomic mass is 10.0. The van der Waals surface area contributed by atoms with Crippen molar-refractivity contribution >= 4 is 31.9 Å². The number of hydrogen-bond acceptors (Lipinski definition) is 2. The number of hydrogen-bond donors (Lipinski definition) is 0. The van der Waals surface area contributed by atoms with Crippen molar-refractivity contribution < 1.29 is 9.15 Å². The van der Waals surface area contributed by atoms with Crippen LogP contribution in [-0.2, 0) is 0 Å². The second kappa shape index (κ2) is 5.93. The Kier molecular flexibility index (Phi) is 4.51. The van der Waals surface area contributed by atoms with E-state index in [4.69, 9.17) is 9.15 Å². The second-order valence-electron chi connectivity index (χ2n) is 3.91. The number of halogens is 2. The highest BCUT2D eigenvalue weighted by atomic mass is 79.9. The van der Waals surface area contributed by atoms with E-state index in [0.717, 1.165) is 27.1 Å². The first kappa shape index (κ1) is 13.7. The maximum absolute atomic E-state index is 5.67. The summed E-state index contributed by atoms with van der Waals surface area (Å²) in [5.41, 5.74) is 2.21. The SMILES string of the molecule is CCOc1ccc(Br)cc1C(Br)c1ccoc1C. The zero-order valence-electron chi connectivity index (χ0n) is 10.2. The van der Waals surface area contributed by atoms with Crippen molar-refractivity contribution in [3.8, 4) is 5.75 Å². The Morgan fingerprint density at radius 1 is 1.28 bits per heavy atom. The quantitative estimate of drug-likeness (QED) is 0.684. The van der Waals surface area contributed by atoms with Crippen LogP contribution in [-0.4, -0.2) is 6.61 Å². The van der Waals surface area contributed by atoms with Crippen molar-refractivity contribution in [2.75, 3.05) is 6.61 Å². The number of ether oxygens (including phenoxy) is 1. The highest BCUT2D eigenvalue weighted by Gasteiger charge is 2.19. The molecule has 2 aromatic rings. The van der Waals surface area contributed by atoms with Crippen LogP contribution < -0.4 is 4.74 Å². The van der Waals surface area contributed by atoms with Gasteiger partial charge in [0.05, 0.1) is 17.7 Å². The Balaban J connectivity index is 2.43. The van der Waals surface area contributed by atoms with Crippen molar-refractivity contribution in [1.29, 1.82) is 0 Å². The Bertz CT molecular complexity index is 534. The van der Waals surface area contributed by atoms with Gasteiger partial charge in [-0.3, -0.25) is 0 Å². The first-order valence-corrected chi connectivity index (χ1v) is 7.44. The molecule has 1 heterocycles. The molecule has 0 N–H and O–H groups in total. The third-order valence-electron chi connectivity index (χ3n) is 2.72. The van der Waals surface area contributed by atoms with Gasteiger partial charge in [-0.05, 0) is 38.1 Å². The van der Waals surface area contributed by atoms with E-state index in [1.165, 1.54) is 0 Å². The van der Waals surface area contributed by atoms with Gasteiger partial charge >= 0.3 is 0 Å². The molecular formula is C14H14Br2O2. The molecule has 1 aromatic carbocycles. The van der Waals surface area contributed by atoms with E-state index in [9.17, 15) is 0 Å². The number of furan rings is 1. The molecule has 0 amide bonds. The van der Waals surface area contributed by atoms with Crippen molar-refractivity contribution in [1.82, 2.24) is 0 Å². The minimum atomic E-state index is 0.0651. The van der Waals surface area contributed by atoms with Crippen LogP contribution in [0.4, 0.5) is 0 Å². The molecule has 96 valence electrons. The van der Waals surface area contributed by atoms with Gasteiger partial charge in [-0.2, -0.15) is 0 Å². The molecule has 0 spiro atoms. The van der Waals surface area contributed by atoms with Crippen LogP contribution in [0.2, 0.25) is 0 Å². The van der Waals surface area contributed by atoms with E-state index in [0.29, 0.717) is 6.61 Å². The van der Waals surface area contributed by atoms with Gasteiger partial charge in [0.2, 0.25) is 0 Å². The Hall–Kier alpha value is -0.740. The molecule has 0 aliphatic carbocycles. The van der Waals surface area contributed by atoms with Crippen LogP contribution in [0.3, 0.4) is 0 Å². The minimum absolute atomic E-state index is 0.0651. The summed E-state index contributed by atoms with van der Waals surface area (Å²) in [6.45, 7) is 4.60. The predicted octanol–water partition coefficient (Wildman–Crippen LogP) is 5.23. The molecule has 0 bridgehead atoms. The molecule has 2 rings (SSSR count). The molecule has 1 aromatic heterocycles. The van der Waals surface area contributed by atoms with E-state index < -0.39 is 0 Å². The molecule has 1 unspecified atom stereocenters. The van der Waals surface area contributed by atoms with Gasteiger partial charge in [-0.15, -0.1) is 0 Å².